The number of nitrogens with one attached hydrogen (secondary N) is 1. The summed E-state index contributed by atoms with van der Waals surface area (Å²) < 4.78 is 0. The summed E-state index contributed by atoms with van der Waals surface area (Å²) in [5.41, 5.74) is -0.0399. The van der Waals surface area contributed by atoms with Gasteiger partial charge in [0.05, 0.1) is 6.54 Å². The van der Waals surface area contributed by atoms with Crippen LogP contribution in [0.1, 0.15) is 6.42 Å². The van der Waals surface area contributed by atoms with Gasteiger partial charge in [0.1, 0.15) is 11.5 Å². The van der Waals surface area contributed by atoms with Gasteiger partial charge in [-0.25, -0.2) is 4.79 Å². The summed E-state index contributed by atoms with van der Waals surface area (Å²) in [6.45, 7) is 1.68. The molecule has 1 unspecified atom stereocenters. The molecule has 0 radical (unpaired) electrons. The van der Waals surface area contributed by atoms with Crippen LogP contribution in [0, 0.1) is 0 Å². The molecule has 74 valence electrons. The van der Waals surface area contributed by atoms with Crippen LogP contribution in [-0.4, -0.2) is 48.2 Å². The van der Waals surface area contributed by atoms with Gasteiger partial charge >= 0.3 is 0 Å². The zero-order chi connectivity index (χ0) is 10.1. The predicted molar refractivity (Wildman–Crippen MR) is 47.2 cm³/mol. The molecule has 14 heavy (non-hydrogen) atoms. The van der Waals surface area contributed by atoms with E-state index in [2.05, 4.69) is 5.32 Å². The van der Waals surface area contributed by atoms with Gasteiger partial charge in [-0.05, 0) is 13.0 Å². The van der Waals surface area contributed by atoms with Crippen LogP contribution in [0.3, 0.4) is 0 Å². The number of carbonyl (C=O) groups is 2. The summed E-state index contributed by atoms with van der Waals surface area (Å²) in [5.74, 6) is 0.285. The highest BCUT2D eigenvalue weighted by atomic mass is 16.2. The fraction of sp³-hybridized carbons (Fsp3) is 0.556. The topological polar surface area (TPSA) is 66.5 Å². The molecule has 1 amide bonds. The van der Waals surface area contributed by atoms with Crippen LogP contribution < -0.4 is 5.32 Å². The van der Waals surface area contributed by atoms with E-state index in [1.54, 1.807) is 0 Å². The van der Waals surface area contributed by atoms with E-state index in [4.69, 9.17) is 0 Å². The van der Waals surface area contributed by atoms with E-state index in [-0.39, 0.29) is 18.2 Å². The number of Topliss-reactive ketones (excluding diaryl/α,β-unsaturated/α-hetero) is 1. The second kappa shape index (κ2) is 3.36. The zero-order valence-electron chi connectivity index (χ0n) is 7.58. The van der Waals surface area contributed by atoms with Crippen LogP contribution in [0.5, 0.6) is 0 Å². The second-order valence-corrected chi connectivity index (χ2v) is 3.49. The molecular formula is C9H10N2O3. The highest BCUT2D eigenvalue weighted by Crippen LogP contribution is 2.17. The Hall–Kier alpha value is -1.45. The minimum Gasteiger partial charge on any atom is -0.326 e. The van der Waals surface area contributed by atoms with E-state index >= 15 is 0 Å². The van der Waals surface area contributed by atoms with Crippen molar-refractivity contribution in [3.05, 3.63) is 5.57 Å². The van der Waals surface area contributed by atoms with Crippen molar-refractivity contribution in [2.75, 3.05) is 19.6 Å². The lowest BCUT2D eigenvalue weighted by Crippen LogP contribution is -2.38. The van der Waals surface area contributed by atoms with E-state index in [9.17, 15) is 14.4 Å². The lowest BCUT2D eigenvalue weighted by Gasteiger charge is -2.20. The van der Waals surface area contributed by atoms with Crippen molar-refractivity contribution in [2.24, 2.45) is 0 Å². The fourth-order valence-corrected chi connectivity index (χ4v) is 1.85. The summed E-state index contributed by atoms with van der Waals surface area (Å²) in [7, 11) is 0. The average molecular weight is 194 g/mol. The third-order valence-electron chi connectivity index (χ3n) is 2.66. The monoisotopic (exact) mass is 194 g/mol. The van der Waals surface area contributed by atoms with E-state index in [1.807, 2.05) is 0 Å². The summed E-state index contributed by atoms with van der Waals surface area (Å²) >= 11 is 0. The molecule has 5 nitrogen and oxygen atoms in total. The molecule has 0 spiro atoms. The van der Waals surface area contributed by atoms with Crippen molar-refractivity contribution in [3.8, 4) is 0 Å². The Bertz CT molecular complexity index is 338. The Labute approximate surface area is 80.8 Å². The fourth-order valence-electron chi connectivity index (χ4n) is 1.85. The van der Waals surface area contributed by atoms with Gasteiger partial charge in [0.2, 0.25) is 0 Å². The number of hydrogen-bond donors (Lipinski definition) is 1. The summed E-state index contributed by atoms with van der Waals surface area (Å²) in [4.78, 5) is 34.4. The van der Waals surface area contributed by atoms with E-state index < -0.39 is 11.7 Å². The van der Waals surface area contributed by atoms with Gasteiger partial charge in [-0.1, -0.05) is 0 Å². The van der Waals surface area contributed by atoms with Crippen molar-refractivity contribution >= 4 is 17.6 Å². The van der Waals surface area contributed by atoms with Crippen LogP contribution in [-0.2, 0) is 14.4 Å². The molecule has 2 saturated heterocycles. The first-order chi connectivity index (χ1) is 6.74. The smallest absolute Gasteiger partial charge is 0.296 e. The maximum Gasteiger partial charge on any atom is 0.296 e. The number of ketones is 1. The van der Waals surface area contributed by atoms with E-state index in [1.165, 1.54) is 10.8 Å². The number of hydrogen-bond acceptors (Lipinski definition) is 4. The van der Waals surface area contributed by atoms with E-state index in [0.29, 0.717) is 6.54 Å². The molecule has 2 rings (SSSR count). The van der Waals surface area contributed by atoms with Crippen molar-refractivity contribution in [1.82, 2.24) is 10.2 Å². The number of rotatable bonds is 1. The Kier molecular flexibility index (Phi) is 2.19. The van der Waals surface area contributed by atoms with Crippen LogP contribution in [0.4, 0.5) is 0 Å². The molecule has 0 saturated carbocycles. The highest BCUT2D eigenvalue weighted by Gasteiger charge is 2.39. The summed E-state index contributed by atoms with van der Waals surface area (Å²) in [6, 6.07) is 0.0531. The SMILES string of the molecule is O=C=C1CN(C2CCNC2)C(=O)C1=O. The Morgan fingerprint density at radius 3 is 2.71 bits per heavy atom. The standard InChI is InChI=1S/C9H10N2O3/c12-5-6-4-11(9(14)8(6)13)7-1-2-10-3-7/h7,10H,1-4H2. The first kappa shape index (κ1) is 9.12. The summed E-state index contributed by atoms with van der Waals surface area (Å²) in [5, 5.41) is 3.10. The van der Waals surface area contributed by atoms with Gasteiger partial charge in [0.15, 0.2) is 0 Å². The van der Waals surface area contributed by atoms with Crippen molar-refractivity contribution in [1.29, 1.82) is 0 Å². The van der Waals surface area contributed by atoms with Crippen LogP contribution in [0.25, 0.3) is 0 Å². The maximum atomic E-state index is 11.4. The van der Waals surface area contributed by atoms with Gasteiger partial charge in [-0.3, -0.25) is 9.59 Å². The predicted octanol–water partition coefficient (Wildman–Crippen LogP) is -1.48. The average Bonchev–Trinajstić information content (AvgIpc) is 2.78. The third-order valence-corrected chi connectivity index (χ3v) is 2.66. The molecule has 0 aromatic heterocycles. The number of likely N-dealkylation sites (tertiary alicyclic amines) is 1. The molecule has 0 aromatic rings. The lowest BCUT2D eigenvalue weighted by atomic mass is 10.2. The molecular weight excluding hydrogens is 184 g/mol. The molecule has 2 aliphatic rings. The minimum absolute atomic E-state index is 0.0399. The Morgan fingerprint density at radius 2 is 2.21 bits per heavy atom. The molecule has 2 aliphatic heterocycles. The molecule has 0 bridgehead atoms. The van der Waals surface area contributed by atoms with Crippen molar-refractivity contribution in [2.45, 2.75) is 12.5 Å². The molecule has 0 aliphatic carbocycles. The molecule has 2 heterocycles. The van der Waals surface area contributed by atoms with Crippen LogP contribution in [0.15, 0.2) is 5.57 Å². The normalized spacial score (nSPS) is 27.3. The van der Waals surface area contributed by atoms with Gasteiger partial charge in [-0.2, -0.15) is 0 Å². The van der Waals surface area contributed by atoms with Gasteiger partial charge in [0, 0.05) is 12.6 Å². The first-order valence-corrected chi connectivity index (χ1v) is 4.54. The number of nitrogens with zero attached hydrogens (tertiary/aromatic N) is 1. The van der Waals surface area contributed by atoms with Crippen molar-refractivity contribution in [3.63, 3.8) is 0 Å². The van der Waals surface area contributed by atoms with Crippen LogP contribution >= 0.6 is 0 Å². The Balaban J connectivity index is 2.19. The first-order valence-electron chi connectivity index (χ1n) is 4.54. The van der Waals surface area contributed by atoms with Gasteiger partial charge < -0.3 is 10.2 Å². The third kappa shape index (κ3) is 1.27. The molecule has 1 N–H and O–H groups in total. The zero-order valence-corrected chi connectivity index (χ0v) is 7.58. The lowest BCUT2D eigenvalue weighted by molar-refractivity contribution is -0.140. The second-order valence-electron chi connectivity index (χ2n) is 3.49. The van der Waals surface area contributed by atoms with Crippen molar-refractivity contribution < 1.29 is 14.4 Å². The molecule has 2 fully saturated rings. The van der Waals surface area contributed by atoms with Gasteiger partial charge in [0.25, 0.3) is 11.7 Å². The maximum absolute atomic E-state index is 11.4. The van der Waals surface area contributed by atoms with Crippen LogP contribution in [0.2, 0.25) is 0 Å². The Morgan fingerprint density at radius 1 is 1.43 bits per heavy atom. The largest absolute Gasteiger partial charge is 0.326 e. The number of carbonyl (C=O) groups excluding carboxylic acids is 3. The highest BCUT2D eigenvalue weighted by molar-refractivity contribution is 6.46. The quantitative estimate of drug-likeness (QED) is 0.314. The molecule has 0 aromatic carbocycles. The minimum atomic E-state index is -0.688. The molecule has 1 atom stereocenters. The van der Waals surface area contributed by atoms with E-state index in [0.717, 1.165) is 13.0 Å². The molecule has 5 heteroatoms. The number of amides is 1. The van der Waals surface area contributed by atoms with Gasteiger partial charge in [-0.15, -0.1) is 0 Å². The summed E-state index contributed by atoms with van der Waals surface area (Å²) in [6.07, 6.45) is 0.838.